The second-order valence-corrected chi connectivity index (χ2v) is 12.4. The molecular formula is C34H32Br2N6O4. The van der Waals surface area contributed by atoms with Crippen LogP contribution in [-0.4, -0.2) is 42.2 Å². The van der Waals surface area contributed by atoms with Gasteiger partial charge in [0.2, 0.25) is 5.90 Å². The Morgan fingerprint density at radius 3 is 2.33 bits per heavy atom. The van der Waals surface area contributed by atoms with E-state index in [9.17, 15) is 10.3 Å². The van der Waals surface area contributed by atoms with Crippen molar-refractivity contribution in [3.05, 3.63) is 139 Å². The summed E-state index contributed by atoms with van der Waals surface area (Å²) in [7, 11) is 0. The second kappa shape index (κ2) is 15.9. The number of rotatable bonds is 14. The van der Waals surface area contributed by atoms with E-state index in [1.54, 1.807) is 30.3 Å². The predicted molar refractivity (Wildman–Crippen MR) is 184 cm³/mol. The van der Waals surface area contributed by atoms with E-state index in [1.165, 1.54) is 0 Å². The van der Waals surface area contributed by atoms with Gasteiger partial charge in [0, 0.05) is 56.7 Å². The van der Waals surface area contributed by atoms with Crippen LogP contribution in [0.4, 0.5) is 5.69 Å². The number of hydrogen-bond donors (Lipinski definition) is 3. The van der Waals surface area contributed by atoms with Crippen molar-refractivity contribution in [3.63, 3.8) is 0 Å². The molecule has 0 radical (unpaired) electrons. The van der Waals surface area contributed by atoms with Gasteiger partial charge < -0.3 is 14.6 Å². The van der Waals surface area contributed by atoms with Gasteiger partial charge in [0.1, 0.15) is 5.75 Å². The number of ether oxygens (including phenoxy) is 2. The summed E-state index contributed by atoms with van der Waals surface area (Å²) in [6.07, 6.45) is 0.478. The van der Waals surface area contributed by atoms with Crippen LogP contribution in [0.3, 0.4) is 0 Å². The molecule has 1 aliphatic heterocycles. The molecule has 1 aliphatic rings. The average Bonchev–Trinajstić information content (AvgIpc) is 3.46. The summed E-state index contributed by atoms with van der Waals surface area (Å²) in [5.41, 5.74) is 17.3. The molecule has 0 spiro atoms. The zero-order chi connectivity index (χ0) is 32.4. The number of aliphatic imine (C=N–C) groups is 1. The minimum absolute atomic E-state index is 0.0447. The number of hydrogen-bond acceptors (Lipinski definition) is 7. The van der Waals surface area contributed by atoms with Crippen molar-refractivity contribution in [3.8, 4) is 5.75 Å². The van der Waals surface area contributed by atoms with Crippen molar-refractivity contribution in [2.24, 2.45) is 10.1 Å². The van der Waals surface area contributed by atoms with Crippen LogP contribution in [0.1, 0.15) is 34.8 Å². The van der Waals surface area contributed by atoms with Gasteiger partial charge in [-0.3, -0.25) is 10.2 Å². The molecule has 0 aliphatic carbocycles. The van der Waals surface area contributed by atoms with E-state index in [4.69, 9.17) is 19.6 Å². The van der Waals surface area contributed by atoms with Crippen LogP contribution in [0.5, 0.6) is 5.75 Å². The summed E-state index contributed by atoms with van der Waals surface area (Å²) in [6, 6.07) is 30.0. The molecule has 4 aromatic carbocycles. The van der Waals surface area contributed by atoms with E-state index < -0.39 is 17.6 Å². The van der Waals surface area contributed by atoms with Gasteiger partial charge in [-0.15, -0.1) is 0 Å². The largest absolute Gasteiger partial charge is 0.494 e. The van der Waals surface area contributed by atoms with E-state index in [2.05, 4.69) is 52.7 Å². The summed E-state index contributed by atoms with van der Waals surface area (Å²) >= 11 is 6.95. The molecule has 0 saturated heterocycles. The lowest BCUT2D eigenvalue weighted by Gasteiger charge is -2.31. The fraction of sp³-hybridized carbons (Fsp3) is 0.235. The van der Waals surface area contributed by atoms with Crippen molar-refractivity contribution in [2.75, 3.05) is 19.8 Å². The molecular weight excluding hydrogens is 716 g/mol. The smallest absolute Gasteiger partial charge is 0.266 e. The van der Waals surface area contributed by atoms with Crippen LogP contribution in [-0.2, 0) is 22.4 Å². The highest BCUT2D eigenvalue weighted by Crippen LogP contribution is 2.45. The molecule has 12 heteroatoms. The Hall–Kier alpha value is -4.19. The standard InChI is InChI=1S/C34H32Br2N6O4/c35-26-12-6-23(7-13-26)18-19-38-41-33(44)34(22-24-8-14-27(36)15-9-24)31(29-4-1-2-5-30(29)40-42-37)46-32(39-34)25-10-16-28(17-11-25)45-21-3-20-43/h1-2,4-17,31,38,43H,3,18-22H2,(H,41,44)/t31-,34-/m0/s1. The van der Waals surface area contributed by atoms with E-state index in [-0.39, 0.29) is 18.9 Å². The molecule has 5 rings (SSSR count). The number of aliphatic hydroxyl groups excluding tert-OH is 1. The first kappa shape index (κ1) is 33.2. The molecule has 1 heterocycles. The van der Waals surface area contributed by atoms with Gasteiger partial charge in [0.05, 0.1) is 6.61 Å². The molecule has 4 aromatic rings. The highest BCUT2D eigenvalue weighted by atomic mass is 79.9. The fourth-order valence-corrected chi connectivity index (χ4v) is 5.66. The van der Waals surface area contributed by atoms with Crippen LogP contribution in [0, 0.1) is 0 Å². The number of carbonyl (C=O) groups excluding carboxylic acids is 1. The molecule has 0 unspecified atom stereocenters. The van der Waals surface area contributed by atoms with Gasteiger partial charge in [-0.25, -0.2) is 10.4 Å². The first-order chi connectivity index (χ1) is 22.4. The fourth-order valence-electron chi connectivity index (χ4n) is 5.13. The number of nitrogens with zero attached hydrogens (tertiary/aromatic N) is 4. The molecule has 236 valence electrons. The summed E-state index contributed by atoms with van der Waals surface area (Å²) < 4.78 is 14.2. The number of halogens is 2. The van der Waals surface area contributed by atoms with E-state index in [0.29, 0.717) is 48.6 Å². The molecule has 10 nitrogen and oxygen atoms in total. The molecule has 0 fully saturated rings. The van der Waals surface area contributed by atoms with E-state index >= 15 is 0 Å². The monoisotopic (exact) mass is 746 g/mol. The molecule has 0 saturated carbocycles. The summed E-state index contributed by atoms with van der Waals surface area (Å²) in [6.45, 7) is 0.913. The molecule has 2 atom stereocenters. The number of nitrogens with one attached hydrogen (secondary N) is 2. The maximum atomic E-state index is 14.4. The van der Waals surface area contributed by atoms with E-state index in [1.807, 2.05) is 66.7 Å². The Morgan fingerprint density at radius 2 is 1.65 bits per heavy atom. The summed E-state index contributed by atoms with van der Waals surface area (Å²) in [5, 5.41) is 13.0. The molecule has 1 amide bonds. The Kier molecular flexibility index (Phi) is 11.5. The van der Waals surface area contributed by atoms with Crippen molar-refractivity contribution in [1.29, 1.82) is 0 Å². The molecule has 0 aromatic heterocycles. The third-order valence-corrected chi connectivity index (χ3v) is 8.50. The van der Waals surface area contributed by atoms with Crippen LogP contribution in [0.25, 0.3) is 10.4 Å². The Balaban J connectivity index is 1.51. The van der Waals surface area contributed by atoms with Gasteiger partial charge in [-0.2, -0.15) is 0 Å². The maximum absolute atomic E-state index is 14.4. The maximum Gasteiger partial charge on any atom is 0.266 e. The summed E-state index contributed by atoms with van der Waals surface area (Å²) in [4.78, 5) is 22.5. The molecule has 0 bridgehead atoms. The third kappa shape index (κ3) is 8.14. The van der Waals surface area contributed by atoms with Gasteiger partial charge >= 0.3 is 0 Å². The lowest BCUT2D eigenvalue weighted by atomic mass is 9.81. The highest BCUT2D eigenvalue weighted by Gasteiger charge is 2.54. The predicted octanol–water partition coefficient (Wildman–Crippen LogP) is 7.28. The zero-order valence-corrected chi connectivity index (χ0v) is 27.9. The average molecular weight is 748 g/mol. The van der Waals surface area contributed by atoms with Crippen LogP contribution in [0.15, 0.2) is 116 Å². The van der Waals surface area contributed by atoms with Gasteiger partial charge in [0.15, 0.2) is 11.6 Å². The molecule has 3 N–H and O–H groups in total. The van der Waals surface area contributed by atoms with Gasteiger partial charge in [0.25, 0.3) is 5.91 Å². The Morgan fingerprint density at radius 1 is 0.978 bits per heavy atom. The zero-order valence-electron chi connectivity index (χ0n) is 24.8. The Labute approximate surface area is 283 Å². The van der Waals surface area contributed by atoms with Crippen molar-refractivity contribution in [2.45, 2.75) is 30.9 Å². The number of hydrazine groups is 1. The van der Waals surface area contributed by atoms with Gasteiger partial charge in [-0.1, -0.05) is 85.5 Å². The van der Waals surface area contributed by atoms with E-state index in [0.717, 1.165) is 20.1 Å². The highest BCUT2D eigenvalue weighted by molar-refractivity contribution is 9.10. The SMILES string of the molecule is [N-]=[N+]=Nc1ccccc1[C@@H]1OC(c2ccc(OCCCO)cc2)=N[C@]1(Cc1ccc(Br)cc1)C(=O)NNCCc1ccc(Br)cc1. The topological polar surface area (TPSA) is 141 Å². The number of aliphatic hydroxyl groups is 1. The number of carbonyl (C=O) groups is 1. The van der Waals surface area contributed by atoms with Crippen LogP contribution < -0.4 is 15.6 Å². The number of amides is 1. The van der Waals surface area contributed by atoms with Crippen molar-refractivity contribution < 1.29 is 19.4 Å². The normalized spacial score (nSPS) is 17.0. The minimum atomic E-state index is -1.48. The summed E-state index contributed by atoms with van der Waals surface area (Å²) in [5.74, 6) is 0.505. The van der Waals surface area contributed by atoms with Crippen molar-refractivity contribution in [1.82, 2.24) is 10.9 Å². The van der Waals surface area contributed by atoms with Gasteiger partial charge in [-0.05, 0) is 71.6 Å². The van der Waals surface area contributed by atoms with Crippen molar-refractivity contribution >= 4 is 49.4 Å². The lowest BCUT2D eigenvalue weighted by molar-refractivity contribution is -0.130. The number of azide groups is 1. The van der Waals surface area contributed by atoms with Crippen LogP contribution >= 0.6 is 31.9 Å². The number of benzene rings is 4. The minimum Gasteiger partial charge on any atom is -0.494 e. The van der Waals surface area contributed by atoms with Crippen LogP contribution in [0.2, 0.25) is 0 Å². The third-order valence-electron chi connectivity index (χ3n) is 7.44. The second-order valence-electron chi connectivity index (χ2n) is 10.6. The Bertz CT molecular complexity index is 1710. The quantitative estimate of drug-likeness (QED) is 0.0409. The first-order valence-electron chi connectivity index (χ1n) is 14.7. The lowest BCUT2D eigenvalue weighted by Crippen LogP contribution is -2.54. The molecule has 46 heavy (non-hydrogen) atoms. The first-order valence-corrected chi connectivity index (χ1v) is 16.3.